The van der Waals surface area contributed by atoms with Gasteiger partial charge in [-0.2, -0.15) is 0 Å². The smallest absolute Gasteiger partial charge is 0.251 e. The van der Waals surface area contributed by atoms with Gasteiger partial charge in [-0.1, -0.05) is 77.3 Å². The Bertz CT molecular complexity index is 1490. The van der Waals surface area contributed by atoms with Crippen molar-refractivity contribution in [1.82, 2.24) is 0 Å². The van der Waals surface area contributed by atoms with E-state index in [-0.39, 0.29) is 6.71 Å². The number of anilines is 3. The molecule has 0 bridgehead atoms. The van der Waals surface area contributed by atoms with E-state index in [4.69, 9.17) is 9.47 Å². The highest BCUT2D eigenvalue weighted by Gasteiger charge is 2.36. The number of hydrogen-bond donors (Lipinski definition) is 0. The van der Waals surface area contributed by atoms with Crippen LogP contribution in [0.3, 0.4) is 0 Å². The predicted octanol–water partition coefficient (Wildman–Crippen LogP) is 7.12. The molecule has 2 aliphatic heterocycles. The molecule has 7 rings (SSSR count). The van der Waals surface area contributed by atoms with Crippen molar-refractivity contribution in [3.05, 3.63) is 119 Å². The van der Waals surface area contributed by atoms with Gasteiger partial charge in [-0.05, 0) is 86.1 Å². The van der Waals surface area contributed by atoms with Crippen LogP contribution in [0.2, 0.25) is 0 Å². The maximum absolute atomic E-state index is 6.34. The van der Waals surface area contributed by atoms with E-state index in [0.717, 1.165) is 34.4 Å². The molecular formula is C34H28BNO2. The molecule has 4 heteroatoms. The summed E-state index contributed by atoms with van der Waals surface area (Å²) < 4.78 is 12.7. The Morgan fingerprint density at radius 3 is 1.37 bits per heavy atom. The number of fused-ring (bicyclic) bond motifs is 4. The van der Waals surface area contributed by atoms with Crippen LogP contribution in [0.5, 0.6) is 23.0 Å². The lowest BCUT2D eigenvalue weighted by Gasteiger charge is -2.37. The van der Waals surface area contributed by atoms with E-state index in [9.17, 15) is 0 Å². The van der Waals surface area contributed by atoms with Crippen LogP contribution >= 0.6 is 0 Å². The van der Waals surface area contributed by atoms with Crippen molar-refractivity contribution in [2.45, 2.75) is 27.7 Å². The topological polar surface area (TPSA) is 21.7 Å². The molecule has 38 heavy (non-hydrogen) atoms. The molecular weight excluding hydrogens is 465 g/mol. The third-order valence-corrected chi connectivity index (χ3v) is 8.27. The van der Waals surface area contributed by atoms with Gasteiger partial charge < -0.3 is 14.4 Å². The summed E-state index contributed by atoms with van der Waals surface area (Å²) in [7, 11) is 0. The summed E-state index contributed by atoms with van der Waals surface area (Å²) in [5.74, 6) is 3.61. The Balaban J connectivity index is 1.49. The second kappa shape index (κ2) is 8.56. The second-order valence-electron chi connectivity index (χ2n) is 10.2. The lowest BCUT2D eigenvalue weighted by atomic mass is 9.34. The number of nitrogens with zero attached hydrogens (tertiary/aromatic N) is 1. The van der Waals surface area contributed by atoms with E-state index in [2.05, 4.69) is 105 Å². The fourth-order valence-electron chi connectivity index (χ4n) is 6.26. The van der Waals surface area contributed by atoms with E-state index in [1.54, 1.807) is 0 Å². The molecule has 3 nitrogen and oxygen atoms in total. The average molecular weight is 493 g/mol. The van der Waals surface area contributed by atoms with Gasteiger partial charge in [0.15, 0.2) is 11.5 Å². The van der Waals surface area contributed by atoms with Crippen molar-refractivity contribution in [1.29, 1.82) is 0 Å². The monoisotopic (exact) mass is 493 g/mol. The first-order valence-corrected chi connectivity index (χ1v) is 13.2. The summed E-state index contributed by atoms with van der Waals surface area (Å²) in [5.41, 5.74) is 12.3. The van der Waals surface area contributed by atoms with Crippen molar-refractivity contribution in [3.8, 4) is 23.0 Å². The van der Waals surface area contributed by atoms with Gasteiger partial charge in [-0.15, -0.1) is 0 Å². The molecule has 0 aliphatic carbocycles. The largest absolute Gasteiger partial charge is 0.458 e. The zero-order valence-corrected chi connectivity index (χ0v) is 22.1. The molecule has 2 heterocycles. The van der Waals surface area contributed by atoms with Crippen LogP contribution in [-0.2, 0) is 0 Å². The highest BCUT2D eigenvalue weighted by molar-refractivity contribution is 6.97. The first kappa shape index (κ1) is 22.7. The van der Waals surface area contributed by atoms with Crippen LogP contribution < -0.4 is 30.8 Å². The number of para-hydroxylation sites is 6. The molecule has 0 saturated carbocycles. The molecule has 0 saturated heterocycles. The molecule has 0 fully saturated rings. The Kier molecular flexibility index (Phi) is 5.12. The van der Waals surface area contributed by atoms with Crippen LogP contribution in [0, 0.1) is 27.7 Å². The van der Waals surface area contributed by atoms with Crippen LogP contribution in [0.4, 0.5) is 17.1 Å². The van der Waals surface area contributed by atoms with Gasteiger partial charge in [0.05, 0.1) is 17.1 Å². The Morgan fingerprint density at radius 2 is 0.868 bits per heavy atom. The molecule has 0 amide bonds. The first-order valence-electron chi connectivity index (χ1n) is 13.2. The zero-order valence-electron chi connectivity index (χ0n) is 22.1. The van der Waals surface area contributed by atoms with Crippen LogP contribution in [0.15, 0.2) is 97.1 Å². The summed E-state index contributed by atoms with van der Waals surface area (Å²) >= 11 is 0. The quantitative estimate of drug-likeness (QED) is 0.240. The summed E-state index contributed by atoms with van der Waals surface area (Å²) in [6, 6.07) is 33.5. The zero-order chi connectivity index (χ0) is 26.0. The molecule has 0 unspecified atom stereocenters. The van der Waals surface area contributed by atoms with Gasteiger partial charge in [0.1, 0.15) is 11.5 Å². The fourth-order valence-corrected chi connectivity index (χ4v) is 6.26. The van der Waals surface area contributed by atoms with E-state index in [1.807, 2.05) is 24.3 Å². The van der Waals surface area contributed by atoms with Gasteiger partial charge in [0.2, 0.25) is 0 Å². The van der Waals surface area contributed by atoms with Gasteiger partial charge in [-0.25, -0.2) is 0 Å². The molecule has 0 atom stereocenters. The van der Waals surface area contributed by atoms with Crippen molar-refractivity contribution < 1.29 is 9.47 Å². The summed E-state index contributed by atoms with van der Waals surface area (Å²) in [5, 5.41) is 0. The van der Waals surface area contributed by atoms with Crippen molar-refractivity contribution in [3.63, 3.8) is 0 Å². The van der Waals surface area contributed by atoms with E-state index >= 15 is 0 Å². The Labute approximate surface area is 224 Å². The average Bonchev–Trinajstić information content (AvgIpc) is 2.95. The van der Waals surface area contributed by atoms with Gasteiger partial charge in [0, 0.05) is 0 Å². The third kappa shape index (κ3) is 3.23. The highest BCUT2D eigenvalue weighted by Crippen LogP contribution is 2.52. The molecule has 184 valence electrons. The van der Waals surface area contributed by atoms with E-state index in [1.165, 1.54) is 44.3 Å². The minimum absolute atomic E-state index is 0.104. The summed E-state index contributed by atoms with van der Waals surface area (Å²) in [6.07, 6.45) is 0. The number of hydrogen-bond acceptors (Lipinski definition) is 3. The molecule has 2 aliphatic rings. The molecule has 5 aromatic carbocycles. The fraction of sp³-hybridized carbons (Fsp3) is 0.118. The van der Waals surface area contributed by atoms with Gasteiger partial charge >= 0.3 is 0 Å². The maximum Gasteiger partial charge on any atom is 0.251 e. The molecule has 0 N–H and O–H groups in total. The lowest BCUT2D eigenvalue weighted by Crippen LogP contribution is -2.56. The van der Waals surface area contributed by atoms with Crippen molar-refractivity contribution in [2.75, 3.05) is 4.90 Å². The molecule has 5 aromatic rings. The van der Waals surface area contributed by atoms with Crippen LogP contribution in [-0.4, -0.2) is 6.71 Å². The SMILES string of the molecule is Cc1c(C)c(N2c3ccccc3Oc3ccccc32)c(C)c(C)c1B1c2ccccc2Oc2ccccc21. The third-order valence-electron chi connectivity index (χ3n) is 8.27. The minimum atomic E-state index is 0.104. The Hall–Kier alpha value is -4.44. The van der Waals surface area contributed by atoms with Crippen LogP contribution in [0.1, 0.15) is 22.3 Å². The predicted molar refractivity (Wildman–Crippen MR) is 158 cm³/mol. The Morgan fingerprint density at radius 1 is 0.474 bits per heavy atom. The standard InChI is InChI=1S/C34H28BNO2/c1-21-23(3)34(36-27-15-7-11-19-31(27)38-32-20-12-8-16-28(32)36)24(4)22(2)33(21)35-25-13-5-9-17-29(25)37-30-18-10-6-14-26(30)35/h5-20H,1-4H3. The van der Waals surface area contributed by atoms with Crippen molar-refractivity contribution in [2.24, 2.45) is 0 Å². The molecule has 0 aromatic heterocycles. The first-order chi connectivity index (χ1) is 18.5. The van der Waals surface area contributed by atoms with Crippen molar-refractivity contribution >= 4 is 40.2 Å². The normalized spacial score (nSPS) is 13.1. The van der Waals surface area contributed by atoms with Crippen LogP contribution in [0.25, 0.3) is 0 Å². The summed E-state index contributed by atoms with van der Waals surface area (Å²) in [6.45, 7) is 9.18. The van der Waals surface area contributed by atoms with E-state index in [0.29, 0.717) is 0 Å². The maximum atomic E-state index is 6.34. The lowest BCUT2D eigenvalue weighted by molar-refractivity contribution is 0.477. The number of rotatable bonds is 2. The number of ether oxygens (including phenoxy) is 2. The second-order valence-corrected chi connectivity index (χ2v) is 10.2. The van der Waals surface area contributed by atoms with Gasteiger partial charge in [0.25, 0.3) is 6.71 Å². The van der Waals surface area contributed by atoms with E-state index < -0.39 is 0 Å². The highest BCUT2D eigenvalue weighted by atomic mass is 16.5. The summed E-state index contributed by atoms with van der Waals surface area (Å²) in [4.78, 5) is 2.38. The molecule has 0 spiro atoms. The molecule has 0 radical (unpaired) electrons. The van der Waals surface area contributed by atoms with Gasteiger partial charge in [-0.3, -0.25) is 0 Å². The number of benzene rings is 5. The minimum Gasteiger partial charge on any atom is -0.458 e.